The van der Waals surface area contributed by atoms with E-state index in [0.717, 1.165) is 4.90 Å². The van der Waals surface area contributed by atoms with E-state index in [-0.39, 0.29) is 11.7 Å². The number of hydrogen-bond donors (Lipinski definition) is 2. The summed E-state index contributed by atoms with van der Waals surface area (Å²) in [5.41, 5.74) is 0.620. The Morgan fingerprint density at radius 1 is 1.09 bits per heavy atom. The summed E-state index contributed by atoms with van der Waals surface area (Å²) in [5, 5.41) is 11.9. The van der Waals surface area contributed by atoms with Crippen LogP contribution in [0.15, 0.2) is 53.4 Å². The third kappa shape index (κ3) is 6.22. The molecule has 5 nitrogen and oxygen atoms in total. The normalized spacial score (nSPS) is 10.1. The van der Waals surface area contributed by atoms with Crippen LogP contribution in [0.1, 0.15) is 0 Å². The Bertz CT molecular complexity index is 673. The fraction of sp³-hybridized carbons (Fsp3) is 0.125. The Hall–Kier alpha value is -2.18. The Balaban J connectivity index is 1.80. The molecule has 0 bridgehead atoms. The molecule has 1 amide bonds. The van der Waals surface area contributed by atoms with Crippen molar-refractivity contribution in [2.75, 3.05) is 17.7 Å². The quantitative estimate of drug-likeness (QED) is 0.746. The smallest absolute Gasteiger partial charge is 0.341 e. The molecule has 0 aromatic heterocycles. The van der Waals surface area contributed by atoms with Crippen LogP contribution in [0.5, 0.6) is 5.75 Å². The number of ether oxygens (including phenoxy) is 1. The predicted octanol–water partition coefficient (Wildman–Crippen LogP) is 3.53. The first-order valence-electron chi connectivity index (χ1n) is 6.66. The summed E-state index contributed by atoms with van der Waals surface area (Å²) >= 11 is 7.21. The van der Waals surface area contributed by atoms with Crippen LogP contribution in [-0.4, -0.2) is 29.3 Å². The molecule has 2 rings (SSSR count). The number of benzene rings is 2. The van der Waals surface area contributed by atoms with Crippen molar-refractivity contribution in [1.82, 2.24) is 0 Å². The van der Waals surface area contributed by atoms with Crippen molar-refractivity contribution in [3.8, 4) is 5.75 Å². The van der Waals surface area contributed by atoms with Gasteiger partial charge in [-0.3, -0.25) is 4.79 Å². The van der Waals surface area contributed by atoms with Crippen LogP contribution >= 0.6 is 23.4 Å². The number of carbonyl (C=O) groups excluding carboxylic acids is 1. The highest BCUT2D eigenvalue weighted by atomic mass is 35.5. The molecule has 2 aromatic carbocycles. The van der Waals surface area contributed by atoms with Gasteiger partial charge in [0.15, 0.2) is 6.61 Å². The third-order valence-corrected chi connectivity index (χ3v) is 3.95. The molecule has 2 aromatic rings. The van der Waals surface area contributed by atoms with Gasteiger partial charge in [0.25, 0.3) is 0 Å². The second-order valence-corrected chi connectivity index (χ2v) is 5.98. The first-order chi connectivity index (χ1) is 11.0. The average Bonchev–Trinajstić information content (AvgIpc) is 2.53. The van der Waals surface area contributed by atoms with Crippen LogP contribution in [0.4, 0.5) is 5.69 Å². The van der Waals surface area contributed by atoms with Crippen molar-refractivity contribution in [2.24, 2.45) is 0 Å². The first-order valence-corrected chi connectivity index (χ1v) is 8.02. The minimum atomic E-state index is -1.04. The van der Waals surface area contributed by atoms with Crippen molar-refractivity contribution < 1.29 is 19.4 Å². The molecule has 0 atom stereocenters. The van der Waals surface area contributed by atoms with Crippen molar-refractivity contribution in [3.63, 3.8) is 0 Å². The SMILES string of the molecule is O=C(O)COc1ccc(NC(=O)CSc2ccc(Cl)cc2)cc1. The van der Waals surface area contributed by atoms with Crippen LogP contribution < -0.4 is 10.1 Å². The van der Waals surface area contributed by atoms with Gasteiger partial charge in [-0.1, -0.05) is 11.6 Å². The minimum absolute atomic E-state index is 0.135. The molecule has 0 heterocycles. The molecule has 0 aliphatic carbocycles. The van der Waals surface area contributed by atoms with E-state index >= 15 is 0 Å². The summed E-state index contributed by atoms with van der Waals surface area (Å²) in [7, 11) is 0. The maximum absolute atomic E-state index is 11.9. The van der Waals surface area contributed by atoms with E-state index in [9.17, 15) is 9.59 Å². The fourth-order valence-corrected chi connectivity index (χ4v) is 2.48. The molecule has 0 unspecified atom stereocenters. The molecule has 0 saturated heterocycles. The molecule has 0 spiro atoms. The number of amides is 1. The van der Waals surface area contributed by atoms with Crippen LogP contribution in [0.2, 0.25) is 5.02 Å². The Morgan fingerprint density at radius 3 is 2.35 bits per heavy atom. The van der Waals surface area contributed by atoms with Crippen molar-refractivity contribution in [2.45, 2.75) is 4.90 Å². The van der Waals surface area contributed by atoms with Crippen molar-refractivity contribution >= 4 is 40.9 Å². The lowest BCUT2D eigenvalue weighted by Crippen LogP contribution is -2.14. The van der Waals surface area contributed by atoms with Gasteiger partial charge in [0.2, 0.25) is 5.91 Å². The molecular weight excluding hydrogens is 338 g/mol. The molecule has 0 aliphatic rings. The van der Waals surface area contributed by atoms with E-state index in [1.807, 2.05) is 12.1 Å². The third-order valence-electron chi connectivity index (χ3n) is 2.68. The molecule has 0 radical (unpaired) electrons. The number of carboxylic acid groups (broad SMARTS) is 1. The van der Waals surface area contributed by atoms with Gasteiger partial charge < -0.3 is 15.2 Å². The molecule has 0 fully saturated rings. The molecule has 0 saturated carbocycles. The van der Waals surface area contributed by atoms with Gasteiger partial charge in [0.05, 0.1) is 5.75 Å². The zero-order chi connectivity index (χ0) is 16.7. The zero-order valence-electron chi connectivity index (χ0n) is 12.0. The highest BCUT2D eigenvalue weighted by Gasteiger charge is 2.05. The van der Waals surface area contributed by atoms with Gasteiger partial charge in [0, 0.05) is 15.6 Å². The number of carboxylic acids is 1. The average molecular weight is 352 g/mol. The molecule has 0 aliphatic heterocycles. The number of hydrogen-bond acceptors (Lipinski definition) is 4. The first kappa shape index (κ1) is 17.2. The van der Waals surface area contributed by atoms with E-state index in [2.05, 4.69) is 5.32 Å². The van der Waals surface area contributed by atoms with E-state index in [0.29, 0.717) is 16.5 Å². The summed E-state index contributed by atoms with van der Waals surface area (Å²) in [5.74, 6) is -0.467. The molecule has 23 heavy (non-hydrogen) atoms. The monoisotopic (exact) mass is 351 g/mol. The van der Waals surface area contributed by atoms with Gasteiger partial charge >= 0.3 is 5.97 Å². The van der Waals surface area contributed by atoms with Gasteiger partial charge in [-0.15, -0.1) is 11.8 Å². The molecular formula is C16H14ClNO4S. The topological polar surface area (TPSA) is 75.6 Å². The second-order valence-electron chi connectivity index (χ2n) is 4.50. The van der Waals surface area contributed by atoms with E-state index in [1.165, 1.54) is 11.8 Å². The Kier molecular flexibility index (Phi) is 6.31. The number of rotatable bonds is 7. The Morgan fingerprint density at radius 2 is 1.74 bits per heavy atom. The lowest BCUT2D eigenvalue weighted by Gasteiger charge is -2.07. The minimum Gasteiger partial charge on any atom is -0.482 e. The molecule has 7 heteroatoms. The standard InChI is InChI=1S/C16H14ClNO4S/c17-11-1-7-14(8-2-11)23-10-15(19)18-12-3-5-13(6-4-12)22-9-16(20)21/h1-8H,9-10H2,(H,18,19)(H,20,21). The fourth-order valence-electron chi connectivity index (χ4n) is 1.66. The number of anilines is 1. The van der Waals surface area contributed by atoms with Gasteiger partial charge in [-0.2, -0.15) is 0 Å². The predicted molar refractivity (Wildman–Crippen MR) is 90.4 cm³/mol. The van der Waals surface area contributed by atoms with Gasteiger partial charge in [0.1, 0.15) is 5.75 Å². The number of halogens is 1. The molecule has 2 N–H and O–H groups in total. The number of carbonyl (C=O) groups is 2. The summed E-state index contributed by atoms with van der Waals surface area (Å²) in [6, 6.07) is 13.8. The summed E-state index contributed by atoms with van der Waals surface area (Å²) < 4.78 is 5.02. The highest BCUT2D eigenvalue weighted by molar-refractivity contribution is 8.00. The molecule has 120 valence electrons. The number of nitrogens with one attached hydrogen (secondary N) is 1. The van der Waals surface area contributed by atoms with Gasteiger partial charge in [-0.25, -0.2) is 4.79 Å². The summed E-state index contributed by atoms with van der Waals surface area (Å²) in [4.78, 5) is 23.2. The zero-order valence-corrected chi connectivity index (χ0v) is 13.6. The van der Waals surface area contributed by atoms with Crippen LogP contribution in [-0.2, 0) is 9.59 Å². The Labute approximate surface area is 142 Å². The van der Waals surface area contributed by atoms with E-state index < -0.39 is 12.6 Å². The van der Waals surface area contributed by atoms with Crippen LogP contribution in [0.25, 0.3) is 0 Å². The highest BCUT2D eigenvalue weighted by Crippen LogP contribution is 2.21. The summed E-state index contributed by atoms with van der Waals surface area (Å²) in [6.45, 7) is -0.399. The van der Waals surface area contributed by atoms with Crippen molar-refractivity contribution in [1.29, 1.82) is 0 Å². The maximum atomic E-state index is 11.9. The summed E-state index contributed by atoms with van der Waals surface area (Å²) in [6.07, 6.45) is 0. The van der Waals surface area contributed by atoms with Crippen LogP contribution in [0, 0.1) is 0 Å². The second kappa shape index (κ2) is 8.45. The van der Waals surface area contributed by atoms with Crippen LogP contribution in [0.3, 0.4) is 0 Å². The largest absolute Gasteiger partial charge is 0.482 e. The van der Waals surface area contributed by atoms with E-state index in [4.69, 9.17) is 21.4 Å². The lowest BCUT2D eigenvalue weighted by molar-refractivity contribution is -0.139. The number of aliphatic carboxylic acids is 1. The van der Waals surface area contributed by atoms with Crippen molar-refractivity contribution in [3.05, 3.63) is 53.6 Å². The lowest BCUT2D eigenvalue weighted by atomic mass is 10.3. The van der Waals surface area contributed by atoms with E-state index in [1.54, 1.807) is 36.4 Å². The van der Waals surface area contributed by atoms with Gasteiger partial charge in [-0.05, 0) is 48.5 Å². The maximum Gasteiger partial charge on any atom is 0.341 e. The number of thioether (sulfide) groups is 1.